The summed E-state index contributed by atoms with van der Waals surface area (Å²) in [5.74, 6) is 1.26. The van der Waals surface area contributed by atoms with Crippen LogP contribution in [0, 0.1) is 0 Å². The van der Waals surface area contributed by atoms with Gasteiger partial charge < -0.3 is 20.5 Å². The van der Waals surface area contributed by atoms with E-state index in [9.17, 15) is 5.11 Å². The van der Waals surface area contributed by atoms with Gasteiger partial charge in [-0.3, -0.25) is 0 Å². The summed E-state index contributed by atoms with van der Waals surface area (Å²) < 4.78 is 6.19. The smallest absolute Gasteiger partial charge is 0.224 e. The minimum atomic E-state index is -0.846. The summed E-state index contributed by atoms with van der Waals surface area (Å²) in [6, 6.07) is 0. The molecule has 0 bridgehead atoms. The molecule has 0 aromatic carbocycles. The monoisotopic (exact) mass is 344 g/mol. The Labute approximate surface area is 127 Å². The zero-order chi connectivity index (χ0) is 14.6. The number of ether oxygens (including phenoxy) is 1. The standard InChI is InChI=1S/C13H21BrN4O2/c1-3-5-15-12-16-7-10(14)11(18-12)17-8-13(19)4-6-20-9(13)2/h7,9,19H,3-6,8H2,1-2H3,(H2,15,16,17,18). The topological polar surface area (TPSA) is 79.3 Å². The number of aromatic nitrogens is 2. The minimum Gasteiger partial charge on any atom is -0.385 e. The molecule has 2 heterocycles. The van der Waals surface area contributed by atoms with Crippen LogP contribution in [-0.2, 0) is 4.74 Å². The average Bonchev–Trinajstić information content (AvgIpc) is 2.77. The van der Waals surface area contributed by atoms with Gasteiger partial charge in [0.25, 0.3) is 0 Å². The van der Waals surface area contributed by atoms with E-state index in [0.29, 0.717) is 31.3 Å². The summed E-state index contributed by atoms with van der Waals surface area (Å²) in [5.41, 5.74) is -0.846. The van der Waals surface area contributed by atoms with Crippen LogP contribution in [0.5, 0.6) is 0 Å². The third kappa shape index (κ3) is 3.59. The van der Waals surface area contributed by atoms with E-state index in [1.807, 2.05) is 6.92 Å². The Hall–Kier alpha value is -0.920. The first-order valence-electron chi connectivity index (χ1n) is 6.89. The second-order valence-corrected chi connectivity index (χ2v) is 5.89. The van der Waals surface area contributed by atoms with Crippen LogP contribution in [0.1, 0.15) is 26.7 Å². The van der Waals surface area contributed by atoms with Gasteiger partial charge >= 0.3 is 0 Å². The molecule has 0 amide bonds. The zero-order valence-corrected chi connectivity index (χ0v) is 13.4. The number of hydrogen-bond donors (Lipinski definition) is 3. The van der Waals surface area contributed by atoms with Crippen LogP contribution in [0.15, 0.2) is 10.7 Å². The van der Waals surface area contributed by atoms with E-state index in [2.05, 4.69) is 43.5 Å². The molecular formula is C13H21BrN4O2. The zero-order valence-electron chi connectivity index (χ0n) is 11.8. The molecule has 3 N–H and O–H groups in total. The number of halogens is 1. The van der Waals surface area contributed by atoms with Crippen molar-refractivity contribution < 1.29 is 9.84 Å². The summed E-state index contributed by atoms with van der Waals surface area (Å²) in [6.45, 7) is 5.79. The molecule has 1 fully saturated rings. The number of anilines is 2. The van der Waals surface area contributed by atoms with Gasteiger partial charge in [0.1, 0.15) is 11.4 Å². The lowest BCUT2D eigenvalue weighted by molar-refractivity contribution is -0.0176. The first-order valence-corrected chi connectivity index (χ1v) is 7.69. The maximum atomic E-state index is 10.5. The van der Waals surface area contributed by atoms with Crippen molar-refractivity contribution >= 4 is 27.7 Å². The molecule has 1 aromatic heterocycles. The van der Waals surface area contributed by atoms with Crippen LogP contribution in [0.25, 0.3) is 0 Å². The Kier molecular flexibility index (Phi) is 5.17. The van der Waals surface area contributed by atoms with Crippen molar-refractivity contribution in [1.82, 2.24) is 9.97 Å². The minimum absolute atomic E-state index is 0.173. The molecule has 2 rings (SSSR count). The SMILES string of the molecule is CCCNc1ncc(Br)c(NCC2(O)CCOC2C)n1. The molecule has 0 radical (unpaired) electrons. The summed E-state index contributed by atoms with van der Waals surface area (Å²) >= 11 is 3.41. The lowest BCUT2D eigenvalue weighted by Gasteiger charge is -2.26. The Balaban J connectivity index is 2.01. The van der Waals surface area contributed by atoms with E-state index in [1.54, 1.807) is 6.20 Å². The van der Waals surface area contributed by atoms with E-state index in [4.69, 9.17) is 4.74 Å². The van der Waals surface area contributed by atoms with Crippen molar-refractivity contribution in [2.75, 3.05) is 30.3 Å². The Morgan fingerprint density at radius 2 is 2.35 bits per heavy atom. The second-order valence-electron chi connectivity index (χ2n) is 5.04. The fourth-order valence-corrected chi connectivity index (χ4v) is 2.38. The molecule has 7 heteroatoms. The molecule has 6 nitrogen and oxygen atoms in total. The van der Waals surface area contributed by atoms with Gasteiger partial charge in [-0.1, -0.05) is 6.92 Å². The molecule has 20 heavy (non-hydrogen) atoms. The van der Waals surface area contributed by atoms with Crippen molar-refractivity contribution in [2.45, 2.75) is 38.4 Å². The molecule has 1 aliphatic rings. The Morgan fingerprint density at radius 1 is 1.55 bits per heavy atom. The Bertz CT molecular complexity index is 460. The van der Waals surface area contributed by atoms with Crippen molar-refractivity contribution in [2.24, 2.45) is 0 Å². The normalized spacial score (nSPS) is 25.7. The van der Waals surface area contributed by atoms with Crippen molar-refractivity contribution in [3.8, 4) is 0 Å². The third-order valence-corrected chi connectivity index (χ3v) is 4.08. The highest BCUT2D eigenvalue weighted by Crippen LogP contribution is 2.27. The number of hydrogen-bond acceptors (Lipinski definition) is 6. The van der Waals surface area contributed by atoms with Gasteiger partial charge in [0, 0.05) is 32.3 Å². The van der Waals surface area contributed by atoms with Gasteiger partial charge in [-0.05, 0) is 29.3 Å². The average molecular weight is 345 g/mol. The predicted octanol–water partition coefficient (Wildman–Crippen LogP) is 2.01. The quantitative estimate of drug-likeness (QED) is 0.732. The highest BCUT2D eigenvalue weighted by atomic mass is 79.9. The molecule has 2 unspecified atom stereocenters. The summed E-state index contributed by atoms with van der Waals surface area (Å²) in [4.78, 5) is 8.59. The molecular weight excluding hydrogens is 324 g/mol. The van der Waals surface area contributed by atoms with Crippen LogP contribution >= 0.6 is 15.9 Å². The molecule has 0 aliphatic carbocycles. The van der Waals surface area contributed by atoms with Crippen LogP contribution in [0.4, 0.5) is 11.8 Å². The first kappa shape index (κ1) is 15.5. The Morgan fingerprint density at radius 3 is 3.00 bits per heavy atom. The first-order chi connectivity index (χ1) is 9.55. The fraction of sp³-hybridized carbons (Fsp3) is 0.692. The molecule has 0 saturated carbocycles. The van der Waals surface area contributed by atoms with Crippen LogP contribution in [0.2, 0.25) is 0 Å². The van der Waals surface area contributed by atoms with Gasteiger partial charge in [0.2, 0.25) is 5.95 Å². The molecule has 112 valence electrons. The van der Waals surface area contributed by atoms with E-state index >= 15 is 0 Å². The number of aliphatic hydroxyl groups is 1. The molecule has 1 aromatic rings. The van der Waals surface area contributed by atoms with E-state index in [0.717, 1.165) is 17.4 Å². The van der Waals surface area contributed by atoms with Crippen LogP contribution in [-0.4, -0.2) is 46.5 Å². The number of nitrogens with zero attached hydrogens (tertiary/aromatic N) is 2. The summed E-state index contributed by atoms with van der Waals surface area (Å²) in [7, 11) is 0. The van der Waals surface area contributed by atoms with E-state index < -0.39 is 5.60 Å². The van der Waals surface area contributed by atoms with Crippen molar-refractivity contribution in [1.29, 1.82) is 0 Å². The highest BCUT2D eigenvalue weighted by molar-refractivity contribution is 9.10. The molecule has 2 atom stereocenters. The van der Waals surface area contributed by atoms with E-state index in [-0.39, 0.29) is 6.10 Å². The lowest BCUT2D eigenvalue weighted by atomic mass is 9.97. The molecule has 0 spiro atoms. The van der Waals surface area contributed by atoms with E-state index in [1.165, 1.54) is 0 Å². The number of nitrogens with one attached hydrogen (secondary N) is 2. The van der Waals surface area contributed by atoms with Crippen molar-refractivity contribution in [3.05, 3.63) is 10.7 Å². The fourth-order valence-electron chi connectivity index (χ4n) is 2.05. The van der Waals surface area contributed by atoms with Crippen LogP contribution in [0.3, 0.4) is 0 Å². The molecule has 1 aliphatic heterocycles. The molecule has 1 saturated heterocycles. The van der Waals surface area contributed by atoms with Gasteiger partial charge in [0.05, 0.1) is 10.6 Å². The second kappa shape index (κ2) is 6.69. The van der Waals surface area contributed by atoms with Gasteiger partial charge in [-0.25, -0.2) is 4.98 Å². The van der Waals surface area contributed by atoms with Crippen molar-refractivity contribution in [3.63, 3.8) is 0 Å². The summed E-state index contributed by atoms with van der Waals surface area (Å²) in [6.07, 6.45) is 3.17. The third-order valence-electron chi connectivity index (χ3n) is 3.50. The van der Waals surface area contributed by atoms with Gasteiger partial charge in [-0.2, -0.15) is 4.98 Å². The maximum Gasteiger partial charge on any atom is 0.224 e. The largest absolute Gasteiger partial charge is 0.385 e. The lowest BCUT2D eigenvalue weighted by Crippen LogP contribution is -2.43. The maximum absolute atomic E-state index is 10.5. The number of rotatable bonds is 6. The highest BCUT2D eigenvalue weighted by Gasteiger charge is 2.39. The van der Waals surface area contributed by atoms with Crippen LogP contribution < -0.4 is 10.6 Å². The predicted molar refractivity (Wildman–Crippen MR) is 82.0 cm³/mol. The van der Waals surface area contributed by atoms with Gasteiger partial charge in [-0.15, -0.1) is 0 Å². The summed E-state index contributed by atoms with van der Waals surface area (Å²) in [5, 5.41) is 16.8. The van der Waals surface area contributed by atoms with Gasteiger partial charge in [0.15, 0.2) is 0 Å².